The molecule has 3 atom stereocenters. The third kappa shape index (κ3) is 2.57. The number of hydrogen-bond acceptors (Lipinski definition) is 2. The quantitative estimate of drug-likeness (QED) is 0.905. The highest BCUT2D eigenvalue weighted by atomic mass is 79.9. The molecule has 1 aliphatic heterocycles. The Balaban J connectivity index is 2.44. The van der Waals surface area contributed by atoms with Crippen LogP contribution in [0.4, 0.5) is 5.69 Å². The van der Waals surface area contributed by atoms with E-state index in [4.69, 9.17) is 5.73 Å². The normalized spacial score (nSPS) is 25.5. The molecule has 1 saturated heterocycles. The van der Waals surface area contributed by atoms with E-state index in [1.165, 1.54) is 30.5 Å². The summed E-state index contributed by atoms with van der Waals surface area (Å²) in [6.45, 7) is 6.66. The highest BCUT2D eigenvalue weighted by molar-refractivity contribution is 9.10. The monoisotopic (exact) mass is 310 g/mol. The van der Waals surface area contributed by atoms with Crippen LogP contribution in [-0.2, 0) is 0 Å². The molecule has 3 unspecified atom stereocenters. The molecule has 0 spiro atoms. The summed E-state index contributed by atoms with van der Waals surface area (Å²) in [5, 5.41) is 0. The van der Waals surface area contributed by atoms with Gasteiger partial charge in [0.15, 0.2) is 0 Å². The van der Waals surface area contributed by atoms with Crippen LogP contribution in [0.25, 0.3) is 0 Å². The van der Waals surface area contributed by atoms with Gasteiger partial charge in [0.2, 0.25) is 0 Å². The van der Waals surface area contributed by atoms with Crippen LogP contribution >= 0.6 is 15.9 Å². The molecule has 1 heterocycles. The van der Waals surface area contributed by atoms with Crippen molar-refractivity contribution < 1.29 is 0 Å². The van der Waals surface area contributed by atoms with E-state index < -0.39 is 0 Å². The van der Waals surface area contributed by atoms with Crippen molar-refractivity contribution in [1.82, 2.24) is 0 Å². The van der Waals surface area contributed by atoms with Crippen LogP contribution in [0.1, 0.15) is 51.6 Å². The predicted molar refractivity (Wildman–Crippen MR) is 82.0 cm³/mol. The van der Waals surface area contributed by atoms with E-state index in [1.807, 2.05) is 0 Å². The van der Waals surface area contributed by atoms with Crippen molar-refractivity contribution in [3.05, 3.63) is 28.2 Å². The van der Waals surface area contributed by atoms with E-state index in [1.54, 1.807) is 0 Å². The maximum Gasteiger partial charge on any atom is 0.0430 e. The van der Waals surface area contributed by atoms with Gasteiger partial charge >= 0.3 is 0 Å². The first kappa shape index (κ1) is 13.9. The van der Waals surface area contributed by atoms with Gasteiger partial charge in [0.05, 0.1) is 0 Å². The van der Waals surface area contributed by atoms with Crippen molar-refractivity contribution in [3.63, 3.8) is 0 Å². The van der Waals surface area contributed by atoms with E-state index in [0.29, 0.717) is 12.1 Å². The van der Waals surface area contributed by atoms with Crippen LogP contribution in [0.2, 0.25) is 0 Å². The van der Waals surface area contributed by atoms with Crippen molar-refractivity contribution in [2.75, 3.05) is 4.90 Å². The summed E-state index contributed by atoms with van der Waals surface area (Å²) in [6, 6.07) is 7.82. The molecule has 1 fully saturated rings. The standard InChI is InChI=1S/C15H23BrN2/c1-4-13-7-5-10(2)18(13)15-9-12(16)6-8-14(15)11(3)17/h6,8-11,13H,4-5,7,17H2,1-3H3. The average molecular weight is 311 g/mol. The molecule has 0 radical (unpaired) electrons. The Labute approximate surface area is 119 Å². The highest BCUT2D eigenvalue weighted by Gasteiger charge is 2.31. The number of nitrogens with zero attached hydrogens (tertiary/aromatic N) is 1. The van der Waals surface area contributed by atoms with Gasteiger partial charge < -0.3 is 10.6 Å². The number of halogens is 1. The second-order valence-corrected chi connectivity index (χ2v) is 6.30. The topological polar surface area (TPSA) is 29.3 Å². The van der Waals surface area contributed by atoms with E-state index >= 15 is 0 Å². The fourth-order valence-corrected chi connectivity index (χ4v) is 3.38. The first-order chi connectivity index (χ1) is 8.54. The van der Waals surface area contributed by atoms with Gasteiger partial charge in [-0.25, -0.2) is 0 Å². The molecule has 1 aromatic carbocycles. The van der Waals surface area contributed by atoms with Gasteiger partial charge in [-0.2, -0.15) is 0 Å². The van der Waals surface area contributed by atoms with Gasteiger partial charge in [-0.1, -0.05) is 28.9 Å². The van der Waals surface area contributed by atoms with Gasteiger partial charge in [-0.05, 0) is 50.8 Å². The van der Waals surface area contributed by atoms with Crippen LogP contribution in [0.3, 0.4) is 0 Å². The molecule has 2 rings (SSSR count). The zero-order chi connectivity index (χ0) is 13.3. The molecular formula is C15H23BrN2. The number of rotatable bonds is 3. The third-order valence-corrected chi connectivity index (χ3v) is 4.51. The predicted octanol–water partition coefficient (Wildman–Crippen LogP) is 4.24. The van der Waals surface area contributed by atoms with Crippen molar-refractivity contribution in [2.24, 2.45) is 5.73 Å². The van der Waals surface area contributed by atoms with Gasteiger partial charge in [0.25, 0.3) is 0 Å². The second-order valence-electron chi connectivity index (χ2n) is 5.39. The van der Waals surface area contributed by atoms with E-state index in [-0.39, 0.29) is 6.04 Å². The van der Waals surface area contributed by atoms with Crippen molar-refractivity contribution in [2.45, 2.75) is 58.2 Å². The molecule has 100 valence electrons. The lowest BCUT2D eigenvalue weighted by Crippen LogP contribution is -2.35. The fraction of sp³-hybridized carbons (Fsp3) is 0.600. The van der Waals surface area contributed by atoms with Crippen molar-refractivity contribution >= 4 is 21.6 Å². The summed E-state index contributed by atoms with van der Waals surface area (Å²) >= 11 is 3.59. The summed E-state index contributed by atoms with van der Waals surface area (Å²) in [5.41, 5.74) is 8.69. The lowest BCUT2D eigenvalue weighted by Gasteiger charge is -2.33. The summed E-state index contributed by atoms with van der Waals surface area (Å²) in [6.07, 6.45) is 3.78. The molecule has 2 N–H and O–H groups in total. The Morgan fingerprint density at radius 2 is 2.17 bits per heavy atom. The maximum absolute atomic E-state index is 6.12. The van der Waals surface area contributed by atoms with Crippen molar-refractivity contribution in [3.8, 4) is 0 Å². The van der Waals surface area contributed by atoms with Gasteiger partial charge in [-0.3, -0.25) is 0 Å². The smallest absolute Gasteiger partial charge is 0.0430 e. The van der Waals surface area contributed by atoms with E-state index in [2.05, 4.69) is 59.8 Å². The minimum absolute atomic E-state index is 0.0819. The number of anilines is 1. The summed E-state index contributed by atoms with van der Waals surface area (Å²) in [4.78, 5) is 2.57. The summed E-state index contributed by atoms with van der Waals surface area (Å²) < 4.78 is 1.14. The lowest BCUT2D eigenvalue weighted by atomic mass is 10.0. The van der Waals surface area contributed by atoms with Crippen LogP contribution < -0.4 is 10.6 Å². The minimum Gasteiger partial charge on any atom is -0.366 e. The van der Waals surface area contributed by atoms with Crippen LogP contribution in [0.15, 0.2) is 22.7 Å². The molecular weight excluding hydrogens is 288 g/mol. The van der Waals surface area contributed by atoms with Gasteiger partial charge in [-0.15, -0.1) is 0 Å². The van der Waals surface area contributed by atoms with Gasteiger partial charge in [0, 0.05) is 28.3 Å². The molecule has 1 aliphatic rings. The molecule has 1 aromatic rings. The third-order valence-electron chi connectivity index (χ3n) is 4.02. The molecule has 18 heavy (non-hydrogen) atoms. The number of nitrogens with two attached hydrogens (primary N) is 1. The lowest BCUT2D eigenvalue weighted by molar-refractivity contribution is 0.622. The average Bonchev–Trinajstić information content (AvgIpc) is 2.69. The molecule has 3 heteroatoms. The van der Waals surface area contributed by atoms with E-state index in [0.717, 1.165) is 4.47 Å². The first-order valence-corrected chi connectivity index (χ1v) is 7.67. The first-order valence-electron chi connectivity index (χ1n) is 6.88. The van der Waals surface area contributed by atoms with E-state index in [9.17, 15) is 0 Å². The van der Waals surface area contributed by atoms with Crippen LogP contribution in [-0.4, -0.2) is 12.1 Å². The van der Waals surface area contributed by atoms with Gasteiger partial charge in [0.1, 0.15) is 0 Å². The number of hydrogen-bond donors (Lipinski definition) is 1. The zero-order valence-electron chi connectivity index (χ0n) is 11.5. The second kappa shape index (κ2) is 5.62. The molecule has 0 saturated carbocycles. The number of benzene rings is 1. The molecule has 0 aliphatic carbocycles. The van der Waals surface area contributed by atoms with Crippen LogP contribution in [0.5, 0.6) is 0 Å². The Kier molecular flexibility index (Phi) is 4.33. The van der Waals surface area contributed by atoms with Crippen molar-refractivity contribution in [1.29, 1.82) is 0 Å². The molecule has 0 aromatic heterocycles. The fourth-order valence-electron chi connectivity index (χ4n) is 3.03. The van der Waals surface area contributed by atoms with Crippen LogP contribution in [0, 0.1) is 0 Å². The maximum atomic E-state index is 6.12. The Bertz CT molecular complexity index is 417. The summed E-state index contributed by atoms with van der Waals surface area (Å²) in [5.74, 6) is 0. The summed E-state index contributed by atoms with van der Waals surface area (Å²) in [7, 11) is 0. The molecule has 2 nitrogen and oxygen atoms in total. The Morgan fingerprint density at radius 3 is 2.78 bits per heavy atom. The molecule has 0 amide bonds. The Morgan fingerprint density at radius 1 is 1.44 bits per heavy atom. The largest absolute Gasteiger partial charge is 0.366 e. The molecule has 0 bridgehead atoms. The minimum atomic E-state index is 0.0819. The SMILES string of the molecule is CCC1CCC(C)N1c1cc(Br)ccc1C(C)N. The zero-order valence-corrected chi connectivity index (χ0v) is 13.1. The highest BCUT2D eigenvalue weighted by Crippen LogP contribution is 2.37. The Hall–Kier alpha value is -0.540.